The predicted octanol–water partition coefficient (Wildman–Crippen LogP) is 3.63. The van der Waals surface area contributed by atoms with Gasteiger partial charge in [0, 0.05) is 23.4 Å². The molecule has 0 radical (unpaired) electrons. The number of carbonyl (C=O) groups is 1. The van der Waals surface area contributed by atoms with Crippen molar-refractivity contribution < 1.29 is 9.53 Å². The second-order valence-corrected chi connectivity index (χ2v) is 5.85. The first-order valence-electron chi connectivity index (χ1n) is 7.66. The molecule has 0 aliphatic heterocycles. The van der Waals surface area contributed by atoms with E-state index in [1.54, 1.807) is 30.8 Å². The predicted molar refractivity (Wildman–Crippen MR) is 96.2 cm³/mol. The summed E-state index contributed by atoms with van der Waals surface area (Å²) in [5, 5.41) is 7.77. The lowest BCUT2D eigenvalue weighted by Gasteiger charge is -2.08. The minimum absolute atomic E-state index is 0.0969. The van der Waals surface area contributed by atoms with E-state index in [4.69, 9.17) is 16.3 Å². The zero-order chi connectivity index (χ0) is 17.8. The lowest BCUT2D eigenvalue weighted by molar-refractivity contribution is 0.101. The van der Waals surface area contributed by atoms with Crippen molar-refractivity contribution in [3.8, 4) is 5.69 Å². The van der Waals surface area contributed by atoms with Gasteiger partial charge in [0.1, 0.15) is 5.82 Å². The number of benzene rings is 2. The van der Waals surface area contributed by atoms with E-state index in [-0.39, 0.29) is 11.7 Å². The van der Waals surface area contributed by atoms with Gasteiger partial charge in [0.15, 0.2) is 0 Å². The highest BCUT2D eigenvalue weighted by Crippen LogP contribution is 2.18. The monoisotopic (exact) mass is 356 g/mol. The standard InChI is InChI=1S/C18H17ClN4O2/c1-12-20-17(22-23(12)15-9-7-14(19)8-10-15)18(24)21-16-6-4-3-5-13(16)11-25-2/h3-10H,11H2,1-2H3,(H,21,24). The molecule has 6 nitrogen and oxygen atoms in total. The number of halogens is 1. The van der Waals surface area contributed by atoms with Crippen molar-refractivity contribution in [3.63, 3.8) is 0 Å². The first-order valence-corrected chi connectivity index (χ1v) is 8.04. The second kappa shape index (κ2) is 7.46. The quantitative estimate of drug-likeness (QED) is 0.758. The molecule has 0 bridgehead atoms. The summed E-state index contributed by atoms with van der Waals surface area (Å²) >= 11 is 5.91. The van der Waals surface area contributed by atoms with Crippen LogP contribution in [0, 0.1) is 6.92 Å². The smallest absolute Gasteiger partial charge is 0.295 e. The average molecular weight is 357 g/mol. The van der Waals surface area contributed by atoms with Crippen LogP contribution in [0.1, 0.15) is 22.0 Å². The summed E-state index contributed by atoms with van der Waals surface area (Å²) in [6.07, 6.45) is 0. The van der Waals surface area contributed by atoms with E-state index in [1.807, 2.05) is 36.4 Å². The summed E-state index contributed by atoms with van der Waals surface area (Å²) in [6.45, 7) is 2.19. The molecule has 1 aromatic heterocycles. The van der Waals surface area contributed by atoms with Gasteiger partial charge in [-0.3, -0.25) is 4.79 Å². The average Bonchev–Trinajstić information content (AvgIpc) is 2.99. The molecule has 3 aromatic rings. The zero-order valence-corrected chi connectivity index (χ0v) is 14.6. The largest absolute Gasteiger partial charge is 0.380 e. The maximum Gasteiger partial charge on any atom is 0.295 e. The molecule has 1 amide bonds. The van der Waals surface area contributed by atoms with E-state index in [1.165, 1.54) is 0 Å². The molecule has 0 saturated carbocycles. The van der Waals surface area contributed by atoms with Crippen LogP contribution < -0.4 is 5.32 Å². The molecule has 2 aromatic carbocycles. The Balaban J connectivity index is 1.84. The highest BCUT2D eigenvalue weighted by atomic mass is 35.5. The lowest BCUT2D eigenvalue weighted by atomic mass is 10.2. The molecule has 0 aliphatic rings. The number of anilines is 1. The van der Waals surface area contributed by atoms with E-state index < -0.39 is 0 Å². The number of aromatic nitrogens is 3. The Morgan fingerprint density at radius 3 is 2.64 bits per heavy atom. The van der Waals surface area contributed by atoms with Crippen LogP contribution in [0.5, 0.6) is 0 Å². The number of methoxy groups -OCH3 is 1. The molecular formula is C18H17ClN4O2. The van der Waals surface area contributed by atoms with Crippen LogP contribution in [0.3, 0.4) is 0 Å². The Morgan fingerprint density at radius 2 is 1.92 bits per heavy atom. The summed E-state index contributed by atoms with van der Waals surface area (Å²) in [4.78, 5) is 16.8. The Labute approximate surface area is 150 Å². The maximum atomic E-state index is 12.5. The van der Waals surface area contributed by atoms with Crippen molar-refractivity contribution in [2.75, 3.05) is 12.4 Å². The highest BCUT2D eigenvalue weighted by Gasteiger charge is 2.16. The molecule has 0 atom stereocenters. The molecule has 7 heteroatoms. The topological polar surface area (TPSA) is 69.0 Å². The number of amides is 1. The van der Waals surface area contributed by atoms with E-state index in [9.17, 15) is 4.79 Å². The van der Waals surface area contributed by atoms with E-state index >= 15 is 0 Å². The first-order chi connectivity index (χ1) is 12.1. The fourth-order valence-electron chi connectivity index (χ4n) is 2.41. The van der Waals surface area contributed by atoms with Crippen LogP contribution in [0.15, 0.2) is 48.5 Å². The van der Waals surface area contributed by atoms with E-state index in [2.05, 4.69) is 15.4 Å². The van der Waals surface area contributed by atoms with Crippen LogP contribution >= 0.6 is 11.6 Å². The van der Waals surface area contributed by atoms with Crippen LogP contribution in [-0.4, -0.2) is 27.8 Å². The Morgan fingerprint density at radius 1 is 1.20 bits per heavy atom. The van der Waals surface area contributed by atoms with Crippen LogP contribution in [0.2, 0.25) is 5.02 Å². The Kier molecular flexibility index (Phi) is 5.11. The van der Waals surface area contributed by atoms with Crippen molar-refractivity contribution >= 4 is 23.2 Å². The van der Waals surface area contributed by atoms with Gasteiger partial charge in [0.25, 0.3) is 5.91 Å². The van der Waals surface area contributed by atoms with Gasteiger partial charge < -0.3 is 10.1 Å². The van der Waals surface area contributed by atoms with Gasteiger partial charge >= 0.3 is 0 Å². The fourth-order valence-corrected chi connectivity index (χ4v) is 2.54. The summed E-state index contributed by atoms with van der Waals surface area (Å²) < 4.78 is 6.75. The number of rotatable bonds is 5. The van der Waals surface area contributed by atoms with E-state index in [0.29, 0.717) is 23.1 Å². The van der Waals surface area contributed by atoms with Gasteiger partial charge in [-0.25, -0.2) is 9.67 Å². The zero-order valence-electron chi connectivity index (χ0n) is 13.9. The van der Waals surface area contributed by atoms with Crippen molar-refractivity contribution in [1.82, 2.24) is 14.8 Å². The molecule has 0 spiro atoms. The third-order valence-electron chi connectivity index (χ3n) is 3.61. The van der Waals surface area contributed by atoms with Gasteiger partial charge in [-0.2, -0.15) is 0 Å². The molecule has 1 N–H and O–H groups in total. The molecular weight excluding hydrogens is 340 g/mol. The molecule has 0 saturated heterocycles. The summed E-state index contributed by atoms with van der Waals surface area (Å²) in [7, 11) is 1.61. The summed E-state index contributed by atoms with van der Waals surface area (Å²) in [5.41, 5.74) is 2.34. The van der Waals surface area contributed by atoms with Crippen molar-refractivity contribution in [2.45, 2.75) is 13.5 Å². The molecule has 128 valence electrons. The summed E-state index contributed by atoms with van der Waals surface area (Å²) in [5.74, 6) is 0.330. The van der Waals surface area contributed by atoms with Crippen molar-refractivity contribution in [2.24, 2.45) is 0 Å². The third-order valence-corrected chi connectivity index (χ3v) is 3.86. The number of ether oxygens (including phenoxy) is 1. The highest BCUT2D eigenvalue weighted by molar-refractivity contribution is 6.30. The van der Waals surface area contributed by atoms with Crippen LogP contribution in [0.4, 0.5) is 5.69 Å². The normalized spacial score (nSPS) is 10.7. The number of hydrogen-bond donors (Lipinski definition) is 1. The SMILES string of the molecule is COCc1ccccc1NC(=O)c1nc(C)n(-c2ccc(Cl)cc2)n1. The second-order valence-electron chi connectivity index (χ2n) is 5.42. The van der Waals surface area contributed by atoms with E-state index in [0.717, 1.165) is 11.3 Å². The molecule has 1 heterocycles. The number of nitrogens with one attached hydrogen (secondary N) is 1. The van der Waals surface area contributed by atoms with Gasteiger partial charge in [-0.1, -0.05) is 29.8 Å². The molecule has 3 rings (SSSR count). The lowest BCUT2D eigenvalue weighted by Crippen LogP contribution is -2.15. The number of para-hydroxylation sites is 1. The molecule has 0 aliphatic carbocycles. The van der Waals surface area contributed by atoms with Gasteiger partial charge in [0.05, 0.1) is 12.3 Å². The minimum atomic E-state index is -0.376. The van der Waals surface area contributed by atoms with Crippen LogP contribution in [-0.2, 0) is 11.3 Å². The fraction of sp³-hybridized carbons (Fsp3) is 0.167. The summed E-state index contributed by atoms with van der Waals surface area (Å²) in [6, 6.07) is 14.6. The first kappa shape index (κ1) is 17.1. The van der Waals surface area contributed by atoms with Crippen molar-refractivity contribution in [1.29, 1.82) is 0 Å². The molecule has 0 unspecified atom stereocenters. The molecule has 25 heavy (non-hydrogen) atoms. The number of carbonyl (C=O) groups excluding carboxylic acids is 1. The van der Waals surface area contributed by atoms with Crippen molar-refractivity contribution in [3.05, 3.63) is 70.8 Å². The number of nitrogens with zero attached hydrogens (tertiary/aromatic N) is 3. The minimum Gasteiger partial charge on any atom is -0.380 e. The third kappa shape index (κ3) is 3.87. The molecule has 0 fully saturated rings. The number of aryl methyl sites for hydroxylation is 1. The Hall–Kier alpha value is -2.70. The van der Waals surface area contributed by atoms with Gasteiger partial charge in [-0.15, -0.1) is 5.10 Å². The van der Waals surface area contributed by atoms with Crippen LogP contribution in [0.25, 0.3) is 5.69 Å². The van der Waals surface area contributed by atoms with Gasteiger partial charge in [-0.05, 0) is 37.3 Å². The van der Waals surface area contributed by atoms with Gasteiger partial charge in [0.2, 0.25) is 5.82 Å². The maximum absolute atomic E-state index is 12.5. The Bertz CT molecular complexity index is 890. The number of hydrogen-bond acceptors (Lipinski definition) is 4.